The van der Waals surface area contributed by atoms with Crippen molar-refractivity contribution in [3.63, 3.8) is 0 Å². The lowest BCUT2D eigenvalue weighted by Crippen LogP contribution is -1.99. The summed E-state index contributed by atoms with van der Waals surface area (Å²) in [5.74, 6) is 0.794. The van der Waals surface area contributed by atoms with Crippen LogP contribution in [0.5, 0.6) is 0 Å². The molecule has 5 heteroatoms. The van der Waals surface area contributed by atoms with E-state index < -0.39 is 0 Å². The van der Waals surface area contributed by atoms with Crippen molar-refractivity contribution >= 4 is 21.6 Å². The number of hydrogen-bond donors (Lipinski definition) is 1. The van der Waals surface area contributed by atoms with Crippen molar-refractivity contribution in [2.45, 2.75) is 13.5 Å². The maximum absolute atomic E-state index is 8.80. The van der Waals surface area contributed by atoms with Gasteiger partial charge in [0.2, 0.25) is 0 Å². The third-order valence-corrected chi connectivity index (χ3v) is 2.90. The van der Waals surface area contributed by atoms with Crippen molar-refractivity contribution in [2.24, 2.45) is 0 Å². The number of hydrogen-bond acceptors (Lipinski definition) is 4. The maximum atomic E-state index is 8.80. The van der Waals surface area contributed by atoms with Crippen molar-refractivity contribution in [2.75, 3.05) is 5.32 Å². The molecule has 0 unspecified atom stereocenters. The lowest BCUT2D eigenvalue weighted by molar-refractivity contribution is 0.391. The first-order valence-corrected chi connectivity index (χ1v) is 5.84. The number of nitrogens with zero attached hydrogens (tertiary/aromatic N) is 2. The van der Waals surface area contributed by atoms with Gasteiger partial charge in [-0.1, -0.05) is 5.16 Å². The zero-order valence-corrected chi connectivity index (χ0v) is 10.8. The molecule has 0 saturated heterocycles. The molecule has 0 aliphatic heterocycles. The third-order valence-electron chi connectivity index (χ3n) is 2.24. The van der Waals surface area contributed by atoms with E-state index in [0.29, 0.717) is 12.1 Å². The fourth-order valence-corrected chi connectivity index (χ4v) is 1.88. The largest absolute Gasteiger partial charge is 0.379 e. The molecule has 0 bridgehead atoms. The summed E-state index contributed by atoms with van der Waals surface area (Å²) in [6.45, 7) is 2.45. The van der Waals surface area contributed by atoms with Gasteiger partial charge in [-0.05, 0) is 41.1 Å². The first kappa shape index (κ1) is 11.7. The van der Waals surface area contributed by atoms with Gasteiger partial charge in [0, 0.05) is 16.2 Å². The van der Waals surface area contributed by atoms with Gasteiger partial charge >= 0.3 is 0 Å². The zero-order chi connectivity index (χ0) is 12.3. The Bertz CT molecular complexity index is 571. The summed E-state index contributed by atoms with van der Waals surface area (Å²) in [5.41, 5.74) is 2.40. The molecule has 1 heterocycles. The maximum Gasteiger partial charge on any atom is 0.133 e. The fraction of sp³-hybridized carbons (Fsp3) is 0.167. The number of anilines is 1. The second kappa shape index (κ2) is 5.02. The number of halogens is 1. The van der Waals surface area contributed by atoms with E-state index in [-0.39, 0.29) is 0 Å². The Labute approximate surface area is 107 Å². The number of nitrogens with one attached hydrogen (secondary N) is 1. The molecule has 2 aromatic rings. The van der Waals surface area contributed by atoms with Crippen molar-refractivity contribution in [3.05, 3.63) is 45.8 Å². The minimum atomic E-state index is 0.593. The first-order valence-electron chi connectivity index (χ1n) is 5.05. The van der Waals surface area contributed by atoms with E-state index >= 15 is 0 Å². The van der Waals surface area contributed by atoms with Crippen LogP contribution in [0.25, 0.3) is 0 Å². The normalized spacial score (nSPS) is 9.94. The van der Waals surface area contributed by atoms with Gasteiger partial charge in [0.25, 0.3) is 0 Å². The molecule has 4 nitrogen and oxygen atoms in total. The van der Waals surface area contributed by atoms with Crippen LogP contribution < -0.4 is 5.32 Å². The standard InChI is InChI=1S/C12H10BrN3O/c1-8-4-11(16-17-8)7-15-10-3-2-9(6-14)12(13)5-10/h2-5,15H,7H2,1H3. The Hall–Kier alpha value is -1.80. The molecule has 0 amide bonds. The van der Waals surface area contributed by atoms with Crippen LogP contribution in [0, 0.1) is 18.3 Å². The SMILES string of the molecule is Cc1cc(CNc2ccc(C#N)c(Br)c2)no1. The van der Waals surface area contributed by atoms with Crippen LogP contribution in [-0.2, 0) is 6.54 Å². The quantitative estimate of drug-likeness (QED) is 0.943. The molecule has 1 aromatic heterocycles. The highest BCUT2D eigenvalue weighted by molar-refractivity contribution is 9.10. The summed E-state index contributed by atoms with van der Waals surface area (Å²) in [4.78, 5) is 0. The summed E-state index contributed by atoms with van der Waals surface area (Å²) in [6, 6.07) is 9.47. The molecular weight excluding hydrogens is 282 g/mol. The average Bonchev–Trinajstić information content (AvgIpc) is 2.73. The van der Waals surface area contributed by atoms with Crippen LogP contribution in [0.15, 0.2) is 33.3 Å². The molecular formula is C12H10BrN3O. The lowest BCUT2D eigenvalue weighted by atomic mass is 10.2. The summed E-state index contributed by atoms with van der Waals surface area (Å²) in [6.07, 6.45) is 0. The van der Waals surface area contributed by atoms with Crippen molar-refractivity contribution < 1.29 is 4.52 Å². The van der Waals surface area contributed by atoms with E-state index in [2.05, 4.69) is 32.5 Å². The highest BCUT2D eigenvalue weighted by Gasteiger charge is 2.02. The minimum Gasteiger partial charge on any atom is -0.379 e. The van der Waals surface area contributed by atoms with Gasteiger partial charge in [0.1, 0.15) is 17.5 Å². The number of rotatable bonds is 3. The smallest absolute Gasteiger partial charge is 0.133 e. The second-order valence-corrected chi connectivity index (χ2v) is 4.44. The molecule has 0 atom stereocenters. The van der Waals surface area contributed by atoms with Gasteiger partial charge in [-0.3, -0.25) is 0 Å². The summed E-state index contributed by atoms with van der Waals surface area (Å²) >= 11 is 3.34. The molecule has 1 aromatic carbocycles. The molecule has 2 rings (SSSR count). The minimum absolute atomic E-state index is 0.593. The van der Waals surface area contributed by atoms with Crippen molar-refractivity contribution in [1.82, 2.24) is 5.16 Å². The van der Waals surface area contributed by atoms with E-state index in [1.165, 1.54) is 0 Å². The van der Waals surface area contributed by atoms with Crippen LogP contribution in [0.1, 0.15) is 17.0 Å². The van der Waals surface area contributed by atoms with Crippen LogP contribution in [0.2, 0.25) is 0 Å². The molecule has 86 valence electrons. The highest BCUT2D eigenvalue weighted by atomic mass is 79.9. The van der Waals surface area contributed by atoms with E-state index in [4.69, 9.17) is 9.78 Å². The molecule has 0 saturated carbocycles. The Balaban J connectivity index is 2.05. The van der Waals surface area contributed by atoms with Gasteiger partial charge in [-0.2, -0.15) is 5.26 Å². The Morgan fingerprint density at radius 3 is 2.88 bits per heavy atom. The van der Waals surface area contributed by atoms with E-state index in [0.717, 1.165) is 21.6 Å². The first-order chi connectivity index (χ1) is 8.19. The zero-order valence-electron chi connectivity index (χ0n) is 9.20. The van der Waals surface area contributed by atoms with Gasteiger partial charge < -0.3 is 9.84 Å². The number of benzene rings is 1. The van der Waals surface area contributed by atoms with Gasteiger partial charge in [-0.15, -0.1) is 0 Å². The fourth-order valence-electron chi connectivity index (χ4n) is 1.41. The molecule has 17 heavy (non-hydrogen) atoms. The van der Waals surface area contributed by atoms with Crippen LogP contribution in [0.4, 0.5) is 5.69 Å². The summed E-state index contributed by atoms with van der Waals surface area (Å²) in [5, 5.41) is 15.9. The third kappa shape index (κ3) is 2.86. The number of aryl methyl sites for hydroxylation is 1. The van der Waals surface area contributed by atoms with Crippen LogP contribution in [-0.4, -0.2) is 5.16 Å². The second-order valence-electron chi connectivity index (χ2n) is 3.59. The van der Waals surface area contributed by atoms with E-state index in [1.54, 1.807) is 6.07 Å². The average molecular weight is 292 g/mol. The van der Waals surface area contributed by atoms with Gasteiger partial charge in [0.05, 0.1) is 12.1 Å². The molecule has 0 fully saturated rings. The number of aromatic nitrogens is 1. The van der Waals surface area contributed by atoms with Gasteiger partial charge in [0.15, 0.2) is 0 Å². The Morgan fingerprint density at radius 1 is 1.47 bits per heavy atom. The predicted octanol–water partition coefficient (Wildman–Crippen LogP) is 3.23. The lowest BCUT2D eigenvalue weighted by Gasteiger charge is -2.05. The van der Waals surface area contributed by atoms with Gasteiger partial charge in [-0.25, -0.2) is 0 Å². The van der Waals surface area contributed by atoms with E-state index in [9.17, 15) is 0 Å². The Morgan fingerprint density at radius 2 is 2.29 bits per heavy atom. The Kier molecular flexibility index (Phi) is 3.45. The highest BCUT2D eigenvalue weighted by Crippen LogP contribution is 2.21. The van der Waals surface area contributed by atoms with Crippen LogP contribution >= 0.6 is 15.9 Å². The molecule has 0 radical (unpaired) electrons. The number of nitriles is 1. The predicted molar refractivity (Wildman–Crippen MR) is 67.4 cm³/mol. The topological polar surface area (TPSA) is 61.9 Å². The molecule has 0 spiro atoms. The summed E-state index contributed by atoms with van der Waals surface area (Å²) in [7, 11) is 0. The van der Waals surface area contributed by atoms with Crippen molar-refractivity contribution in [3.8, 4) is 6.07 Å². The monoisotopic (exact) mass is 291 g/mol. The molecule has 0 aliphatic rings. The molecule has 1 N–H and O–H groups in total. The molecule has 0 aliphatic carbocycles. The van der Waals surface area contributed by atoms with E-state index in [1.807, 2.05) is 25.1 Å². The summed E-state index contributed by atoms with van der Waals surface area (Å²) < 4.78 is 5.75. The van der Waals surface area contributed by atoms with Crippen molar-refractivity contribution in [1.29, 1.82) is 5.26 Å². The van der Waals surface area contributed by atoms with Crippen LogP contribution in [0.3, 0.4) is 0 Å².